The van der Waals surface area contributed by atoms with Gasteiger partial charge in [-0.25, -0.2) is 0 Å². The summed E-state index contributed by atoms with van der Waals surface area (Å²) in [4.78, 5) is 26.1. The Balaban J connectivity index is 1.57. The lowest BCUT2D eigenvalue weighted by molar-refractivity contribution is -0.115. The summed E-state index contributed by atoms with van der Waals surface area (Å²) in [5, 5.41) is 5.68. The van der Waals surface area contributed by atoms with E-state index in [9.17, 15) is 9.59 Å². The average molecular weight is 405 g/mol. The number of methoxy groups -OCH3 is 1. The number of benzene rings is 2. The van der Waals surface area contributed by atoms with Gasteiger partial charge < -0.3 is 14.5 Å². The van der Waals surface area contributed by atoms with Gasteiger partial charge in [0.2, 0.25) is 11.7 Å². The Kier molecular flexibility index (Phi) is 5.18. The summed E-state index contributed by atoms with van der Waals surface area (Å²) in [6.45, 7) is 1.86. The smallest absolute Gasteiger partial charge is 0.229 e. The van der Waals surface area contributed by atoms with E-state index in [0.717, 1.165) is 15.8 Å². The molecular formula is C23H19NO4S. The number of fused-ring (bicyclic) bond motifs is 1. The molecular weight excluding hydrogens is 386 g/mol. The second-order valence-corrected chi connectivity index (χ2v) is 7.66. The van der Waals surface area contributed by atoms with Crippen LogP contribution in [0.1, 0.15) is 26.6 Å². The predicted molar refractivity (Wildman–Crippen MR) is 114 cm³/mol. The summed E-state index contributed by atoms with van der Waals surface area (Å²) in [7, 11) is 1.58. The van der Waals surface area contributed by atoms with Crippen molar-refractivity contribution < 1.29 is 18.7 Å². The minimum absolute atomic E-state index is 0.0930. The number of thiophene rings is 1. The number of carbonyl (C=O) groups is 2. The zero-order chi connectivity index (χ0) is 20.4. The number of amides is 1. The van der Waals surface area contributed by atoms with Gasteiger partial charge in [-0.05, 0) is 54.8 Å². The van der Waals surface area contributed by atoms with Crippen molar-refractivity contribution in [1.82, 2.24) is 0 Å². The second kappa shape index (κ2) is 7.93. The number of hydrogen-bond donors (Lipinski definition) is 1. The van der Waals surface area contributed by atoms with E-state index in [1.807, 2.05) is 36.6 Å². The van der Waals surface area contributed by atoms with E-state index >= 15 is 0 Å². The molecule has 2 heterocycles. The van der Waals surface area contributed by atoms with Gasteiger partial charge in [-0.15, -0.1) is 11.3 Å². The number of aryl methyl sites for hydroxylation is 1. The third-order valence-electron chi connectivity index (χ3n) is 4.70. The van der Waals surface area contributed by atoms with Crippen molar-refractivity contribution in [2.75, 3.05) is 12.4 Å². The summed E-state index contributed by atoms with van der Waals surface area (Å²) < 4.78 is 11.0. The summed E-state index contributed by atoms with van der Waals surface area (Å²) in [5.41, 5.74) is 2.50. The van der Waals surface area contributed by atoms with Crippen LogP contribution in [0.15, 0.2) is 64.4 Å². The lowest BCUT2D eigenvalue weighted by Crippen LogP contribution is -2.13. The fourth-order valence-electron chi connectivity index (χ4n) is 3.17. The van der Waals surface area contributed by atoms with E-state index < -0.39 is 0 Å². The molecule has 0 unspecified atom stereocenters. The molecule has 5 nitrogen and oxygen atoms in total. The average Bonchev–Trinajstić information content (AvgIpc) is 3.35. The first-order chi connectivity index (χ1) is 14.0. The van der Waals surface area contributed by atoms with Crippen LogP contribution in [0.5, 0.6) is 5.75 Å². The van der Waals surface area contributed by atoms with Gasteiger partial charge in [0, 0.05) is 33.1 Å². The van der Waals surface area contributed by atoms with Crippen molar-refractivity contribution in [2.45, 2.75) is 13.3 Å². The topological polar surface area (TPSA) is 68.5 Å². The highest BCUT2D eigenvalue weighted by molar-refractivity contribution is 7.10. The van der Waals surface area contributed by atoms with Crippen LogP contribution in [0.4, 0.5) is 5.69 Å². The predicted octanol–water partition coefficient (Wildman–Crippen LogP) is 5.22. The number of anilines is 1. The molecule has 1 amide bonds. The number of nitrogens with one attached hydrogen (secondary N) is 1. The monoisotopic (exact) mass is 405 g/mol. The van der Waals surface area contributed by atoms with Gasteiger partial charge >= 0.3 is 0 Å². The zero-order valence-corrected chi connectivity index (χ0v) is 16.8. The highest BCUT2D eigenvalue weighted by Crippen LogP contribution is 2.29. The molecule has 0 aliphatic rings. The van der Waals surface area contributed by atoms with Crippen molar-refractivity contribution in [1.29, 1.82) is 0 Å². The molecule has 0 atom stereocenters. The van der Waals surface area contributed by atoms with Gasteiger partial charge in [-0.2, -0.15) is 0 Å². The van der Waals surface area contributed by atoms with Crippen molar-refractivity contribution in [3.05, 3.63) is 81.7 Å². The Bertz CT molecular complexity index is 1170. The first-order valence-electron chi connectivity index (χ1n) is 9.09. The maximum absolute atomic E-state index is 12.9. The van der Waals surface area contributed by atoms with E-state index in [4.69, 9.17) is 9.15 Å². The number of carbonyl (C=O) groups excluding carboxylic acids is 2. The number of ether oxygens (including phenoxy) is 1. The van der Waals surface area contributed by atoms with Crippen LogP contribution in [-0.4, -0.2) is 18.8 Å². The van der Waals surface area contributed by atoms with Crippen molar-refractivity contribution in [3.8, 4) is 5.75 Å². The first kappa shape index (κ1) is 19.0. The highest BCUT2D eigenvalue weighted by atomic mass is 32.1. The van der Waals surface area contributed by atoms with E-state index in [0.29, 0.717) is 34.8 Å². The standard InChI is InChI=1S/C23H19NO4S/c1-14-19-10-7-16(24-21(25)13-18-4-3-11-29-18)12-20(19)28-23(14)22(26)15-5-8-17(27-2)9-6-15/h3-12H,13H2,1-2H3,(H,24,25). The van der Waals surface area contributed by atoms with Crippen molar-refractivity contribution in [3.63, 3.8) is 0 Å². The number of ketones is 1. The molecule has 0 fully saturated rings. The van der Waals surface area contributed by atoms with Crippen LogP contribution in [0.25, 0.3) is 11.0 Å². The van der Waals surface area contributed by atoms with Crippen molar-refractivity contribution in [2.24, 2.45) is 0 Å². The van der Waals surface area contributed by atoms with Crippen molar-refractivity contribution >= 4 is 39.7 Å². The van der Waals surface area contributed by atoms with E-state index in [-0.39, 0.29) is 11.7 Å². The van der Waals surface area contributed by atoms with Crippen LogP contribution < -0.4 is 10.1 Å². The lowest BCUT2D eigenvalue weighted by Gasteiger charge is -2.04. The number of hydrogen-bond acceptors (Lipinski definition) is 5. The molecule has 2 aromatic carbocycles. The normalized spacial score (nSPS) is 10.8. The fourth-order valence-corrected chi connectivity index (χ4v) is 3.87. The number of furan rings is 1. The maximum atomic E-state index is 12.9. The second-order valence-electron chi connectivity index (χ2n) is 6.63. The summed E-state index contributed by atoms with van der Waals surface area (Å²) in [5.74, 6) is 0.701. The van der Waals surface area contributed by atoms with Gasteiger partial charge in [-0.3, -0.25) is 9.59 Å². The van der Waals surface area contributed by atoms with Crippen LogP contribution in [0.3, 0.4) is 0 Å². The van der Waals surface area contributed by atoms with Gasteiger partial charge in [0.25, 0.3) is 0 Å². The third-order valence-corrected chi connectivity index (χ3v) is 5.57. The summed E-state index contributed by atoms with van der Waals surface area (Å²) in [6.07, 6.45) is 0.327. The van der Waals surface area contributed by atoms with E-state index in [1.165, 1.54) is 0 Å². The minimum atomic E-state index is -0.190. The molecule has 0 bridgehead atoms. The quantitative estimate of drug-likeness (QED) is 0.446. The minimum Gasteiger partial charge on any atom is -0.497 e. The maximum Gasteiger partial charge on any atom is 0.229 e. The molecule has 6 heteroatoms. The highest BCUT2D eigenvalue weighted by Gasteiger charge is 2.20. The first-order valence-corrected chi connectivity index (χ1v) is 9.97. The molecule has 2 aromatic heterocycles. The Morgan fingerprint density at radius 3 is 2.59 bits per heavy atom. The molecule has 0 aliphatic heterocycles. The van der Waals surface area contributed by atoms with Crippen LogP contribution in [0.2, 0.25) is 0 Å². The molecule has 1 N–H and O–H groups in total. The molecule has 0 saturated heterocycles. The van der Waals surface area contributed by atoms with Gasteiger partial charge in [0.15, 0.2) is 5.76 Å². The Labute approximate surface area is 171 Å². The van der Waals surface area contributed by atoms with Gasteiger partial charge in [0.05, 0.1) is 13.5 Å². The zero-order valence-electron chi connectivity index (χ0n) is 16.0. The van der Waals surface area contributed by atoms with Crippen LogP contribution in [-0.2, 0) is 11.2 Å². The number of rotatable bonds is 6. The Hall–Kier alpha value is -3.38. The molecule has 0 spiro atoms. The van der Waals surface area contributed by atoms with E-state index in [2.05, 4.69) is 5.32 Å². The molecule has 4 rings (SSSR count). The Morgan fingerprint density at radius 1 is 1.10 bits per heavy atom. The van der Waals surface area contributed by atoms with Gasteiger partial charge in [0.1, 0.15) is 11.3 Å². The molecule has 4 aromatic rings. The summed E-state index contributed by atoms with van der Waals surface area (Å²) in [6, 6.07) is 16.2. The third kappa shape index (κ3) is 3.93. The molecule has 0 radical (unpaired) electrons. The molecule has 146 valence electrons. The fraction of sp³-hybridized carbons (Fsp3) is 0.130. The Morgan fingerprint density at radius 2 is 1.90 bits per heavy atom. The molecule has 29 heavy (non-hydrogen) atoms. The van der Waals surface area contributed by atoms with Crippen LogP contribution in [0, 0.1) is 6.92 Å². The lowest BCUT2D eigenvalue weighted by atomic mass is 10.0. The summed E-state index contributed by atoms with van der Waals surface area (Å²) >= 11 is 1.55. The largest absolute Gasteiger partial charge is 0.497 e. The van der Waals surface area contributed by atoms with Gasteiger partial charge in [-0.1, -0.05) is 6.07 Å². The van der Waals surface area contributed by atoms with Crippen LogP contribution >= 0.6 is 11.3 Å². The van der Waals surface area contributed by atoms with E-state index in [1.54, 1.807) is 48.8 Å². The molecule has 0 saturated carbocycles. The molecule has 0 aliphatic carbocycles. The SMILES string of the molecule is COc1ccc(C(=O)c2oc3cc(NC(=O)Cc4cccs4)ccc3c2C)cc1.